The lowest BCUT2D eigenvalue weighted by Crippen LogP contribution is -2.37. The third-order valence-electron chi connectivity index (χ3n) is 4.68. The number of aromatic nitrogens is 5. The predicted octanol–water partition coefficient (Wildman–Crippen LogP) is 4.10. The second kappa shape index (κ2) is 7.55. The quantitative estimate of drug-likeness (QED) is 0.696. The zero-order chi connectivity index (χ0) is 20.6. The van der Waals surface area contributed by atoms with E-state index in [4.69, 9.17) is 9.72 Å². The van der Waals surface area contributed by atoms with Crippen LogP contribution in [0.1, 0.15) is 55.5 Å². The number of imidazole rings is 1. The molecule has 9 heteroatoms. The van der Waals surface area contributed by atoms with Gasteiger partial charge in [0.2, 0.25) is 0 Å². The summed E-state index contributed by atoms with van der Waals surface area (Å²) >= 11 is 1.60. The van der Waals surface area contributed by atoms with Gasteiger partial charge >= 0.3 is 6.09 Å². The van der Waals surface area contributed by atoms with Crippen molar-refractivity contribution in [2.45, 2.75) is 51.7 Å². The Bertz CT molecular complexity index is 981. The first kappa shape index (κ1) is 19.5. The van der Waals surface area contributed by atoms with E-state index in [9.17, 15) is 4.79 Å². The molecule has 1 aliphatic heterocycles. The van der Waals surface area contributed by atoms with Gasteiger partial charge in [0.15, 0.2) is 11.6 Å². The molecule has 0 radical (unpaired) electrons. The molecule has 1 amide bonds. The highest BCUT2D eigenvalue weighted by atomic mass is 32.1. The molecule has 1 N–H and O–H groups in total. The summed E-state index contributed by atoms with van der Waals surface area (Å²) in [6, 6.07) is 1.66. The summed E-state index contributed by atoms with van der Waals surface area (Å²) in [5, 5.41) is 2.96. The van der Waals surface area contributed by atoms with Gasteiger partial charge in [-0.05, 0) is 40.2 Å². The summed E-state index contributed by atoms with van der Waals surface area (Å²) in [5.74, 6) is 1.17. The average molecular weight is 413 g/mol. The summed E-state index contributed by atoms with van der Waals surface area (Å²) in [7, 11) is 0. The monoisotopic (exact) mass is 412 g/mol. The van der Waals surface area contributed by atoms with Crippen molar-refractivity contribution >= 4 is 17.4 Å². The molecule has 0 saturated carbocycles. The van der Waals surface area contributed by atoms with E-state index in [0.29, 0.717) is 18.2 Å². The minimum absolute atomic E-state index is 0.0567. The summed E-state index contributed by atoms with van der Waals surface area (Å²) < 4.78 is 5.68. The van der Waals surface area contributed by atoms with Gasteiger partial charge < -0.3 is 9.72 Å². The molecule has 0 spiro atoms. The highest BCUT2D eigenvalue weighted by Gasteiger charge is 2.43. The van der Waals surface area contributed by atoms with Gasteiger partial charge in [-0.25, -0.2) is 24.7 Å². The Kier molecular flexibility index (Phi) is 5.08. The predicted molar refractivity (Wildman–Crippen MR) is 110 cm³/mol. The van der Waals surface area contributed by atoms with Crippen molar-refractivity contribution in [3.05, 3.63) is 46.4 Å². The molecule has 4 rings (SSSR count). The lowest BCUT2D eigenvalue weighted by molar-refractivity contribution is 0.0214. The molecule has 8 nitrogen and oxygen atoms in total. The SMILES string of the molecule is Cc1cc(C2C(c3nccs3)CCN2C(=O)OC(C)(C)C)nc(-c2ncc[nH]2)n1. The van der Waals surface area contributed by atoms with E-state index in [2.05, 4.69) is 19.9 Å². The lowest BCUT2D eigenvalue weighted by Gasteiger charge is -2.30. The molecule has 152 valence electrons. The number of amides is 1. The molecular weight excluding hydrogens is 388 g/mol. The second-order valence-corrected chi connectivity index (χ2v) is 9.01. The number of thiazole rings is 1. The third kappa shape index (κ3) is 4.14. The summed E-state index contributed by atoms with van der Waals surface area (Å²) in [6.45, 7) is 8.13. The molecule has 3 aromatic rings. The number of likely N-dealkylation sites (tertiary alicyclic amines) is 1. The number of H-pyrrole nitrogens is 1. The average Bonchev–Trinajstić information content (AvgIpc) is 3.39. The van der Waals surface area contributed by atoms with Crippen LogP contribution in [0.2, 0.25) is 0 Å². The maximum absolute atomic E-state index is 13.0. The molecule has 0 aromatic carbocycles. The molecule has 2 atom stereocenters. The molecular formula is C20H24N6O2S. The highest BCUT2D eigenvalue weighted by Crippen LogP contribution is 2.44. The van der Waals surface area contributed by atoms with Crippen LogP contribution in [0.5, 0.6) is 0 Å². The Balaban J connectivity index is 1.76. The summed E-state index contributed by atoms with van der Waals surface area (Å²) in [5.41, 5.74) is 1.02. The second-order valence-electron chi connectivity index (χ2n) is 8.08. The molecule has 1 fully saturated rings. The first-order chi connectivity index (χ1) is 13.8. The number of aromatic amines is 1. The molecule has 4 heterocycles. The van der Waals surface area contributed by atoms with Crippen molar-refractivity contribution in [3.63, 3.8) is 0 Å². The minimum Gasteiger partial charge on any atom is -0.444 e. The maximum Gasteiger partial charge on any atom is 0.410 e. The van der Waals surface area contributed by atoms with Gasteiger partial charge in [0.05, 0.1) is 16.7 Å². The van der Waals surface area contributed by atoms with Gasteiger partial charge in [-0.3, -0.25) is 4.90 Å². The van der Waals surface area contributed by atoms with Crippen LogP contribution in [0.4, 0.5) is 4.79 Å². The first-order valence-electron chi connectivity index (χ1n) is 9.56. The highest BCUT2D eigenvalue weighted by molar-refractivity contribution is 7.09. The number of hydrogen-bond donors (Lipinski definition) is 1. The van der Waals surface area contributed by atoms with Gasteiger partial charge in [0.25, 0.3) is 0 Å². The number of nitrogens with zero attached hydrogens (tertiary/aromatic N) is 5. The van der Waals surface area contributed by atoms with Crippen LogP contribution in [0, 0.1) is 6.92 Å². The molecule has 2 unspecified atom stereocenters. The smallest absolute Gasteiger partial charge is 0.410 e. The zero-order valence-corrected chi connectivity index (χ0v) is 17.7. The Morgan fingerprint density at radius 2 is 2.10 bits per heavy atom. The molecule has 1 aliphatic rings. The van der Waals surface area contributed by atoms with E-state index in [-0.39, 0.29) is 18.1 Å². The fourth-order valence-electron chi connectivity index (χ4n) is 3.60. The van der Waals surface area contributed by atoms with Crippen molar-refractivity contribution in [1.82, 2.24) is 29.8 Å². The van der Waals surface area contributed by atoms with Gasteiger partial charge in [-0.2, -0.15) is 0 Å². The number of carbonyl (C=O) groups is 1. The Morgan fingerprint density at radius 1 is 1.28 bits per heavy atom. The number of hydrogen-bond acceptors (Lipinski definition) is 7. The normalized spacial score (nSPS) is 19.5. The van der Waals surface area contributed by atoms with Crippen molar-refractivity contribution in [2.75, 3.05) is 6.54 Å². The molecule has 3 aromatic heterocycles. The van der Waals surface area contributed by atoms with E-state index in [1.165, 1.54) is 0 Å². The van der Waals surface area contributed by atoms with Crippen molar-refractivity contribution in [3.8, 4) is 11.6 Å². The lowest BCUT2D eigenvalue weighted by atomic mass is 9.97. The third-order valence-corrected chi connectivity index (χ3v) is 5.59. The maximum atomic E-state index is 13.0. The fourth-order valence-corrected chi connectivity index (χ4v) is 4.40. The van der Waals surface area contributed by atoms with E-state index < -0.39 is 5.60 Å². The van der Waals surface area contributed by atoms with Gasteiger partial charge in [-0.15, -0.1) is 11.3 Å². The van der Waals surface area contributed by atoms with Crippen molar-refractivity contribution in [2.24, 2.45) is 0 Å². The minimum atomic E-state index is -0.568. The number of aryl methyl sites for hydroxylation is 1. The van der Waals surface area contributed by atoms with Gasteiger partial charge in [0, 0.05) is 42.1 Å². The molecule has 0 bridgehead atoms. The summed E-state index contributed by atoms with van der Waals surface area (Å²) in [4.78, 5) is 35.9. The Labute approximate surface area is 173 Å². The fraction of sp³-hybridized carbons (Fsp3) is 0.450. The number of carbonyl (C=O) groups excluding carboxylic acids is 1. The van der Waals surface area contributed by atoms with E-state index in [0.717, 1.165) is 22.8 Å². The van der Waals surface area contributed by atoms with Crippen molar-refractivity contribution < 1.29 is 9.53 Å². The molecule has 1 saturated heterocycles. The van der Waals surface area contributed by atoms with Crippen LogP contribution in [0.25, 0.3) is 11.6 Å². The van der Waals surface area contributed by atoms with Crippen LogP contribution in [0.15, 0.2) is 30.0 Å². The largest absolute Gasteiger partial charge is 0.444 e. The van der Waals surface area contributed by atoms with Crippen LogP contribution in [-0.4, -0.2) is 48.1 Å². The first-order valence-corrected chi connectivity index (χ1v) is 10.4. The van der Waals surface area contributed by atoms with Gasteiger partial charge in [-0.1, -0.05) is 0 Å². The molecule has 0 aliphatic carbocycles. The summed E-state index contributed by atoms with van der Waals surface area (Å²) in [6.07, 6.45) is 5.67. The van der Waals surface area contributed by atoms with Crippen LogP contribution < -0.4 is 0 Å². The van der Waals surface area contributed by atoms with E-state index in [1.54, 1.807) is 34.8 Å². The van der Waals surface area contributed by atoms with E-state index >= 15 is 0 Å². The topological polar surface area (TPSA) is 96.9 Å². The standard InChI is InChI=1S/C20H24N6O2S/c1-12-11-14(25-17(24-12)16-21-6-7-22-16)15-13(18-23-8-10-29-18)5-9-26(15)19(27)28-20(2,3)4/h6-8,10-11,13,15H,5,9H2,1-4H3,(H,21,22). The number of nitrogens with one attached hydrogen (secondary N) is 1. The van der Waals surface area contributed by atoms with E-state index in [1.807, 2.05) is 39.1 Å². The number of rotatable bonds is 3. The van der Waals surface area contributed by atoms with Crippen LogP contribution >= 0.6 is 11.3 Å². The van der Waals surface area contributed by atoms with Crippen LogP contribution in [-0.2, 0) is 4.74 Å². The number of ether oxygens (including phenoxy) is 1. The Morgan fingerprint density at radius 3 is 2.76 bits per heavy atom. The zero-order valence-electron chi connectivity index (χ0n) is 16.9. The van der Waals surface area contributed by atoms with Crippen molar-refractivity contribution in [1.29, 1.82) is 0 Å². The van der Waals surface area contributed by atoms with Crippen LogP contribution in [0.3, 0.4) is 0 Å². The van der Waals surface area contributed by atoms with Gasteiger partial charge in [0.1, 0.15) is 5.60 Å². The molecule has 29 heavy (non-hydrogen) atoms. The Hall–Kier alpha value is -2.81.